The van der Waals surface area contributed by atoms with Crippen LogP contribution in [0.1, 0.15) is 52.9 Å². The second-order valence-electron chi connectivity index (χ2n) is 6.43. The highest BCUT2D eigenvalue weighted by Gasteiger charge is 2.51. The molecule has 98 valence electrons. The molecular weight excluding hydrogens is 214 g/mol. The fraction of sp³-hybridized carbons (Fsp3) is 0.929. The summed E-state index contributed by atoms with van der Waals surface area (Å²) in [5, 5.41) is 13.2. The van der Waals surface area contributed by atoms with Gasteiger partial charge in [0.25, 0.3) is 0 Å². The van der Waals surface area contributed by atoms with E-state index in [0.717, 1.165) is 25.7 Å². The van der Waals surface area contributed by atoms with Crippen LogP contribution in [0.4, 0.5) is 0 Å². The van der Waals surface area contributed by atoms with Crippen LogP contribution < -0.4 is 5.32 Å². The first kappa shape index (κ1) is 12.9. The van der Waals surface area contributed by atoms with E-state index >= 15 is 0 Å². The maximum Gasteiger partial charge on any atom is 0.324 e. The lowest BCUT2D eigenvalue weighted by Crippen LogP contribution is -2.62. The molecule has 0 aromatic carbocycles. The van der Waals surface area contributed by atoms with Crippen molar-refractivity contribution in [2.45, 2.75) is 64.5 Å². The third-order valence-electron chi connectivity index (χ3n) is 4.50. The maximum absolute atomic E-state index is 11.8. The maximum atomic E-state index is 11.8. The number of carboxylic acid groups (broad SMARTS) is 1. The Morgan fingerprint density at radius 2 is 1.94 bits per heavy atom. The van der Waals surface area contributed by atoms with Crippen LogP contribution in [0, 0.1) is 17.8 Å². The van der Waals surface area contributed by atoms with Crippen LogP contribution in [0.5, 0.6) is 0 Å². The highest BCUT2D eigenvalue weighted by atomic mass is 16.4. The fourth-order valence-corrected chi connectivity index (χ4v) is 3.48. The van der Waals surface area contributed by atoms with E-state index in [1.807, 2.05) is 0 Å². The summed E-state index contributed by atoms with van der Waals surface area (Å²) in [6.07, 6.45) is 5.30. The molecule has 2 N–H and O–H groups in total. The van der Waals surface area contributed by atoms with Crippen molar-refractivity contribution in [3.63, 3.8) is 0 Å². The monoisotopic (exact) mass is 239 g/mol. The molecule has 3 unspecified atom stereocenters. The molecular formula is C14H25NO2. The highest BCUT2D eigenvalue weighted by Crippen LogP contribution is 2.43. The molecule has 0 amide bonds. The first-order valence-corrected chi connectivity index (χ1v) is 6.97. The Hall–Kier alpha value is -0.570. The second-order valence-corrected chi connectivity index (χ2v) is 6.43. The predicted octanol–water partition coefficient (Wildman–Crippen LogP) is 2.65. The number of carbonyl (C=O) groups is 1. The first-order valence-electron chi connectivity index (χ1n) is 6.97. The topological polar surface area (TPSA) is 49.3 Å². The standard InChI is InChI=1S/C14H25NO2/c1-9(2)12-7-4-10(3)8-14(12,13(16)17)15-11-5-6-11/h9-12,15H,4-8H2,1-3H3,(H,16,17). The van der Waals surface area contributed by atoms with Crippen LogP contribution in [0.15, 0.2) is 0 Å². The third kappa shape index (κ3) is 2.49. The average molecular weight is 239 g/mol. The van der Waals surface area contributed by atoms with E-state index in [1.54, 1.807) is 0 Å². The summed E-state index contributed by atoms with van der Waals surface area (Å²) in [6.45, 7) is 6.50. The molecule has 0 aromatic heterocycles. The summed E-state index contributed by atoms with van der Waals surface area (Å²) in [5.74, 6) is 0.601. The van der Waals surface area contributed by atoms with E-state index < -0.39 is 11.5 Å². The Balaban J connectivity index is 2.24. The molecule has 2 aliphatic rings. The predicted molar refractivity (Wildman–Crippen MR) is 67.9 cm³/mol. The van der Waals surface area contributed by atoms with Crippen LogP contribution in [0.2, 0.25) is 0 Å². The second kappa shape index (κ2) is 4.60. The zero-order chi connectivity index (χ0) is 12.6. The molecule has 0 bridgehead atoms. The van der Waals surface area contributed by atoms with Crippen LogP contribution in [-0.4, -0.2) is 22.7 Å². The summed E-state index contributed by atoms with van der Waals surface area (Å²) in [7, 11) is 0. The van der Waals surface area contributed by atoms with Crippen LogP contribution >= 0.6 is 0 Å². The Kier molecular flexibility index (Phi) is 3.48. The molecule has 0 spiro atoms. The van der Waals surface area contributed by atoms with Crippen molar-refractivity contribution in [2.75, 3.05) is 0 Å². The van der Waals surface area contributed by atoms with Gasteiger partial charge in [-0.05, 0) is 43.4 Å². The van der Waals surface area contributed by atoms with Gasteiger partial charge < -0.3 is 5.11 Å². The highest BCUT2D eigenvalue weighted by molar-refractivity contribution is 5.79. The Bertz CT molecular complexity index is 295. The van der Waals surface area contributed by atoms with Crippen molar-refractivity contribution in [1.82, 2.24) is 5.32 Å². The minimum absolute atomic E-state index is 0.275. The fourth-order valence-electron chi connectivity index (χ4n) is 3.48. The molecule has 2 saturated carbocycles. The van der Waals surface area contributed by atoms with Crippen molar-refractivity contribution < 1.29 is 9.90 Å². The quantitative estimate of drug-likeness (QED) is 0.793. The molecule has 3 atom stereocenters. The number of hydrogen-bond acceptors (Lipinski definition) is 2. The summed E-state index contributed by atoms with van der Waals surface area (Å²) in [4.78, 5) is 11.8. The van der Waals surface area contributed by atoms with Gasteiger partial charge in [-0.1, -0.05) is 27.2 Å². The van der Waals surface area contributed by atoms with Crippen molar-refractivity contribution in [2.24, 2.45) is 17.8 Å². The molecule has 0 saturated heterocycles. The number of aliphatic carboxylic acids is 1. The Labute approximate surface area is 104 Å². The first-order chi connectivity index (χ1) is 7.95. The lowest BCUT2D eigenvalue weighted by atomic mass is 9.65. The molecule has 0 aromatic rings. The van der Waals surface area contributed by atoms with Gasteiger partial charge in [0.2, 0.25) is 0 Å². The zero-order valence-electron chi connectivity index (χ0n) is 11.2. The average Bonchev–Trinajstić information content (AvgIpc) is 3.00. The minimum atomic E-state index is -0.660. The van der Waals surface area contributed by atoms with Crippen LogP contribution in [-0.2, 0) is 4.79 Å². The SMILES string of the molecule is CC1CCC(C(C)C)C(NC2CC2)(C(=O)O)C1. The van der Waals surface area contributed by atoms with Gasteiger partial charge in [0.05, 0.1) is 0 Å². The largest absolute Gasteiger partial charge is 0.480 e. The van der Waals surface area contributed by atoms with E-state index in [0.29, 0.717) is 17.9 Å². The molecule has 3 nitrogen and oxygen atoms in total. The van der Waals surface area contributed by atoms with E-state index in [-0.39, 0.29) is 5.92 Å². The molecule has 17 heavy (non-hydrogen) atoms. The van der Waals surface area contributed by atoms with Gasteiger partial charge in [-0.15, -0.1) is 0 Å². The normalized spacial score (nSPS) is 38.4. The van der Waals surface area contributed by atoms with Gasteiger partial charge in [0.15, 0.2) is 0 Å². The van der Waals surface area contributed by atoms with Gasteiger partial charge >= 0.3 is 5.97 Å². The van der Waals surface area contributed by atoms with Crippen molar-refractivity contribution in [3.05, 3.63) is 0 Å². The van der Waals surface area contributed by atoms with Gasteiger partial charge in [-0.25, -0.2) is 0 Å². The molecule has 2 aliphatic carbocycles. The summed E-state index contributed by atoms with van der Waals surface area (Å²) in [6, 6.07) is 0.456. The van der Waals surface area contributed by atoms with E-state index in [2.05, 4.69) is 26.1 Å². The Morgan fingerprint density at radius 1 is 1.29 bits per heavy atom. The van der Waals surface area contributed by atoms with E-state index in [9.17, 15) is 9.90 Å². The lowest BCUT2D eigenvalue weighted by molar-refractivity contribution is -0.151. The van der Waals surface area contributed by atoms with E-state index in [4.69, 9.17) is 0 Å². The molecule has 2 rings (SSSR count). The van der Waals surface area contributed by atoms with Gasteiger partial charge in [0.1, 0.15) is 5.54 Å². The third-order valence-corrected chi connectivity index (χ3v) is 4.50. The summed E-state index contributed by atoms with van der Waals surface area (Å²) >= 11 is 0. The summed E-state index contributed by atoms with van der Waals surface area (Å²) < 4.78 is 0. The van der Waals surface area contributed by atoms with Gasteiger partial charge in [-0.3, -0.25) is 10.1 Å². The Morgan fingerprint density at radius 3 is 2.41 bits per heavy atom. The molecule has 0 aliphatic heterocycles. The number of carboxylic acids is 1. The van der Waals surface area contributed by atoms with Gasteiger partial charge in [-0.2, -0.15) is 0 Å². The van der Waals surface area contributed by atoms with Gasteiger partial charge in [0, 0.05) is 6.04 Å². The minimum Gasteiger partial charge on any atom is -0.480 e. The number of rotatable bonds is 4. The number of nitrogens with one attached hydrogen (secondary N) is 1. The van der Waals surface area contributed by atoms with E-state index in [1.165, 1.54) is 6.42 Å². The molecule has 0 heterocycles. The summed E-state index contributed by atoms with van der Waals surface area (Å²) in [5.41, 5.74) is -0.660. The lowest BCUT2D eigenvalue weighted by Gasteiger charge is -2.46. The zero-order valence-corrected chi connectivity index (χ0v) is 11.2. The smallest absolute Gasteiger partial charge is 0.324 e. The van der Waals surface area contributed by atoms with Crippen molar-refractivity contribution in [1.29, 1.82) is 0 Å². The molecule has 2 fully saturated rings. The molecule has 3 heteroatoms. The molecule has 0 radical (unpaired) electrons. The number of hydrogen-bond donors (Lipinski definition) is 2. The van der Waals surface area contributed by atoms with Crippen LogP contribution in [0.3, 0.4) is 0 Å². The van der Waals surface area contributed by atoms with Crippen molar-refractivity contribution >= 4 is 5.97 Å². The van der Waals surface area contributed by atoms with Crippen LogP contribution in [0.25, 0.3) is 0 Å². The van der Waals surface area contributed by atoms with Crippen molar-refractivity contribution in [3.8, 4) is 0 Å².